The zero-order chi connectivity index (χ0) is 34.6. The van der Waals surface area contributed by atoms with Crippen LogP contribution in [0.4, 0.5) is 19.1 Å². The highest BCUT2D eigenvalue weighted by atomic mass is 19.4. The van der Waals surface area contributed by atoms with E-state index in [1.165, 1.54) is 12.1 Å². The van der Waals surface area contributed by atoms with Gasteiger partial charge < -0.3 is 20.8 Å². The van der Waals surface area contributed by atoms with Crippen molar-refractivity contribution in [3.05, 3.63) is 80.8 Å². The molecule has 4 N–H and O–H groups in total. The molecule has 0 saturated heterocycles. The lowest BCUT2D eigenvalue weighted by atomic mass is 10.0. The molecule has 0 amide bonds. The molecule has 0 bridgehead atoms. The Labute approximate surface area is 259 Å². The first-order valence-corrected chi connectivity index (χ1v) is 14.6. The van der Waals surface area contributed by atoms with E-state index in [0.29, 0.717) is 42.0 Å². The minimum atomic E-state index is -3.67. The quantitative estimate of drug-likeness (QED) is 0.119. The van der Waals surface area contributed by atoms with Gasteiger partial charge in [-0.25, -0.2) is 4.98 Å². The molecule has 0 atom stereocenters. The molecule has 2 heterocycles. The van der Waals surface area contributed by atoms with Crippen LogP contribution in [-0.4, -0.2) is 32.7 Å². The van der Waals surface area contributed by atoms with Crippen molar-refractivity contribution >= 4 is 23.1 Å². The third kappa shape index (κ3) is 12.5. The maximum absolute atomic E-state index is 12.9. The number of fused-ring (bicyclic) bond motifs is 2. The number of aromatic nitrogens is 2. The molecular weight excluding hydrogens is 573 g/mol. The van der Waals surface area contributed by atoms with Crippen LogP contribution < -0.4 is 16.2 Å². The number of aldehydes is 1. The minimum Gasteiger partial charge on any atom is -0.504 e. The molecule has 2 aromatic carbocycles. The molecular formula is C33H49F3N4O4. The van der Waals surface area contributed by atoms with Gasteiger partial charge in [0.1, 0.15) is 6.29 Å². The van der Waals surface area contributed by atoms with Gasteiger partial charge >= 0.3 is 6.68 Å². The van der Waals surface area contributed by atoms with Crippen LogP contribution in [0.25, 0.3) is 10.9 Å². The first kappa shape index (κ1) is 41.9. The van der Waals surface area contributed by atoms with Crippen LogP contribution in [0.5, 0.6) is 11.5 Å². The molecule has 1 aliphatic heterocycles. The first-order valence-electron chi connectivity index (χ1n) is 14.6. The molecule has 8 nitrogen and oxygen atoms in total. The van der Waals surface area contributed by atoms with Gasteiger partial charge in [-0.3, -0.25) is 14.2 Å². The Bertz CT molecular complexity index is 1410. The molecule has 0 spiro atoms. The maximum atomic E-state index is 12.9. The van der Waals surface area contributed by atoms with Gasteiger partial charge in [-0.15, -0.1) is 0 Å². The number of anilines is 1. The topological polar surface area (TPSA) is 122 Å². The Morgan fingerprint density at radius 1 is 1.05 bits per heavy atom. The van der Waals surface area contributed by atoms with Crippen LogP contribution in [0.2, 0.25) is 0 Å². The van der Waals surface area contributed by atoms with Gasteiger partial charge in [0.25, 0.3) is 5.56 Å². The number of nitrogens with two attached hydrogens (primary N) is 1. The zero-order valence-corrected chi connectivity index (χ0v) is 27.6. The number of phenolic OH excluding ortho intramolecular Hbond substituents is 2. The summed E-state index contributed by atoms with van der Waals surface area (Å²) in [5, 5.41) is 20.5. The van der Waals surface area contributed by atoms with E-state index >= 15 is 0 Å². The molecule has 11 heteroatoms. The lowest BCUT2D eigenvalue weighted by Gasteiger charge is -2.20. The molecule has 0 radical (unpaired) electrons. The number of carbonyl (C=O) groups is 1. The van der Waals surface area contributed by atoms with E-state index < -0.39 is 6.68 Å². The smallest absolute Gasteiger partial charge is 0.379 e. The fourth-order valence-corrected chi connectivity index (χ4v) is 3.98. The number of benzene rings is 2. The normalized spacial score (nSPS) is 11.4. The standard InChI is InChI=1S/C20H21N3O3.C6H9NO.3C2H6.CHF3/c1-4-12-7-11(2)8-14-17(12)21-20(22(3)19(14)26)23-9-13-5-6-16(24)18(25)15(13)10-23;1-6(7)4-2-3-5-8;3*1-2;2-1(3)4/h5-8,24-25H,4,9-10H2,1-3H3;2-5H,7H2,1H3;3*1-2H3;1H/b;3-2-,6-4+;;;;. The monoisotopic (exact) mass is 622 g/mol. The molecule has 1 aliphatic rings. The third-order valence-corrected chi connectivity index (χ3v) is 5.66. The lowest BCUT2D eigenvalue weighted by molar-refractivity contribution is -0.104. The number of carbonyl (C=O) groups excluding carboxylic acids is 1. The Morgan fingerprint density at radius 2 is 1.61 bits per heavy atom. The fraction of sp³-hybridized carbons (Fsp3) is 0.424. The Hall–Kier alpha value is -4.28. The number of hydrogen-bond acceptors (Lipinski definition) is 7. The fourth-order valence-electron chi connectivity index (χ4n) is 3.98. The predicted molar refractivity (Wildman–Crippen MR) is 175 cm³/mol. The number of alkyl halides is 3. The van der Waals surface area contributed by atoms with Crippen LogP contribution in [0, 0.1) is 6.92 Å². The average molecular weight is 623 g/mol. The number of halogens is 3. The minimum absolute atomic E-state index is 0.0774. The van der Waals surface area contributed by atoms with Gasteiger partial charge in [0.2, 0.25) is 5.95 Å². The summed E-state index contributed by atoms with van der Waals surface area (Å²) in [4.78, 5) is 29.3. The molecule has 0 aliphatic carbocycles. The summed E-state index contributed by atoms with van der Waals surface area (Å²) in [6.45, 7) is 15.1. The summed E-state index contributed by atoms with van der Waals surface area (Å²) in [5.41, 5.74) is 10.3. The number of aryl methyl sites for hydroxylation is 2. The molecule has 3 aromatic rings. The summed E-state index contributed by atoms with van der Waals surface area (Å²) in [7, 11) is 1.72. The highest BCUT2D eigenvalue weighted by Gasteiger charge is 2.27. The summed E-state index contributed by atoms with van der Waals surface area (Å²) in [6, 6.07) is 7.24. The van der Waals surface area contributed by atoms with Crippen LogP contribution >= 0.6 is 0 Å². The molecule has 44 heavy (non-hydrogen) atoms. The van der Waals surface area contributed by atoms with Crippen molar-refractivity contribution in [2.24, 2.45) is 12.8 Å². The summed E-state index contributed by atoms with van der Waals surface area (Å²) >= 11 is 0. The van der Waals surface area contributed by atoms with E-state index in [1.54, 1.807) is 36.8 Å². The van der Waals surface area contributed by atoms with E-state index in [2.05, 4.69) is 13.0 Å². The molecule has 0 saturated carbocycles. The van der Waals surface area contributed by atoms with Crippen molar-refractivity contribution in [2.75, 3.05) is 4.90 Å². The van der Waals surface area contributed by atoms with Crippen LogP contribution in [0.15, 0.2) is 53.0 Å². The number of phenols is 2. The second-order valence-corrected chi connectivity index (χ2v) is 8.56. The van der Waals surface area contributed by atoms with Gasteiger partial charge in [-0.1, -0.05) is 66.7 Å². The van der Waals surface area contributed by atoms with Crippen molar-refractivity contribution < 1.29 is 28.2 Å². The van der Waals surface area contributed by atoms with E-state index in [1.807, 2.05) is 59.4 Å². The van der Waals surface area contributed by atoms with Crippen molar-refractivity contribution in [3.8, 4) is 11.5 Å². The van der Waals surface area contributed by atoms with Crippen molar-refractivity contribution in [3.63, 3.8) is 0 Å². The van der Waals surface area contributed by atoms with E-state index in [-0.39, 0.29) is 17.1 Å². The molecule has 1 aromatic heterocycles. The number of hydrogen-bond donors (Lipinski definition) is 3. The highest BCUT2D eigenvalue weighted by Crippen LogP contribution is 2.38. The third-order valence-electron chi connectivity index (χ3n) is 5.66. The van der Waals surface area contributed by atoms with Crippen molar-refractivity contribution in [2.45, 2.75) is 88.5 Å². The number of allylic oxidation sites excluding steroid dienone is 4. The van der Waals surface area contributed by atoms with E-state index in [0.717, 1.165) is 28.6 Å². The maximum Gasteiger partial charge on any atom is 0.379 e. The molecule has 0 fully saturated rings. The predicted octanol–water partition coefficient (Wildman–Crippen LogP) is 7.60. The van der Waals surface area contributed by atoms with Crippen LogP contribution in [0.3, 0.4) is 0 Å². The van der Waals surface area contributed by atoms with E-state index in [9.17, 15) is 33.0 Å². The molecule has 4 rings (SSSR count). The summed E-state index contributed by atoms with van der Waals surface area (Å²) in [5.74, 6) is 0.339. The number of aromatic hydroxyl groups is 2. The average Bonchev–Trinajstić information content (AvgIpc) is 3.45. The second-order valence-electron chi connectivity index (χ2n) is 8.56. The van der Waals surface area contributed by atoms with Crippen molar-refractivity contribution in [1.29, 1.82) is 0 Å². The molecule has 246 valence electrons. The number of nitrogens with zero attached hydrogens (tertiary/aromatic N) is 3. The Kier molecular flexibility index (Phi) is 21.2. The van der Waals surface area contributed by atoms with Crippen LogP contribution in [0.1, 0.15) is 77.6 Å². The van der Waals surface area contributed by atoms with Gasteiger partial charge in [-0.2, -0.15) is 13.2 Å². The Morgan fingerprint density at radius 3 is 2.11 bits per heavy atom. The SMILES string of the molecule is C/C(N)=C\C=C/C=O.CC.CC.CC.CCc1cc(C)cc2c(=O)n(C)c(N3Cc4ccc(O)c(O)c4C3)nc12.FC(F)F. The zero-order valence-electron chi connectivity index (χ0n) is 27.6. The largest absolute Gasteiger partial charge is 0.504 e. The van der Waals surface area contributed by atoms with Crippen LogP contribution in [-0.2, 0) is 31.4 Å². The summed E-state index contributed by atoms with van der Waals surface area (Å²) < 4.78 is 30.6. The Balaban J connectivity index is 0. The summed E-state index contributed by atoms with van der Waals surface area (Å²) in [6.07, 6.45) is 6.15. The van der Waals surface area contributed by atoms with Crippen molar-refractivity contribution in [1.82, 2.24) is 9.55 Å². The van der Waals surface area contributed by atoms with Gasteiger partial charge in [0.15, 0.2) is 11.5 Å². The van der Waals surface area contributed by atoms with Gasteiger partial charge in [-0.05, 0) is 61.2 Å². The lowest BCUT2D eigenvalue weighted by Crippen LogP contribution is -2.28. The first-order chi connectivity index (χ1) is 20.9. The highest BCUT2D eigenvalue weighted by molar-refractivity contribution is 5.83. The van der Waals surface area contributed by atoms with E-state index in [4.69, 9.17) is 10.7 Å². The molecule has 0 unspecified atom stereocenters. The number of rotatable bonds is 4. The van der Waals surface area contributed by atoms with Gasteiger partial charge in [0.05, 0.1) is 17.4 Å². The second kappa shape index (κ2) is 22.3. The van der Waals surface area contributed by atoms with Gasteiger partial charge in [0, 0.05) is 24.9 Å².